The van der Waals surface area contributed by atoms with E-state index in [0.29, 0.717) is 11.7 Å². The van der Waals surface area contributed by atoms with Crippen molar-refractivity contribution in [1.29, 1.82) is 0 Å². The Hall–Kier alpha value is -0.800. The zero-order chi connectivity index (χ0) is 12.3. The first kappa shape index (κ1) is 12.7. The van der Waals surface area contributed by atoms with E-state index in [9.17, 15) is 0 Å². The van der Waals surface area contributed by atoms with Crippen LogP contribution in [0.2, 0.25) is 5.15 Å². The maximum absolute atomic E-state index is 6.16. The van der Waals surface area contributed by atoms with Gasteiger partial charge in [-0.05, 0) is 30.2 Å². The van der Waals surface area contributed by atoms with Crippen molar-refractivity contribution in [2.75, 3.05) is 0 Å². The van der Waals surface area contributed by atoms with Crippen LogP contribution in [-0.2, 0) is 13.0 Å². The zero-order valence-corrected chi connectivity index (χ0v) is 12.0. The van der Waals surface area contributed by atoms with Crippen molar-refractivity contribution >= 4 is 27.5 Å². The summed E-state index contributed by atoms with van der Waals surface area (Å²) >= 11 is 9.62. The molecule has 0 aliphatic carbocycles. The van der Waals surface area contributed by atoms with Crippen LogP contribution < -0.4 is 0 Å². The normalized spacial score (nSPS) is 10.8. The van der Waals surface area contributed by atoms with Crippen LogP contribution in [0.3, 0.4) is 0 Å². The van der Waals surface area contributed by atoms with E-state index >= 15 is 0 Å². The average Bonchev–Trinajstić information content (AvgIpc) is 2.60. The van der Waals surface area contributed by atoms with Crippen LogP contribution in [0.15, 0.2) is 34.8 Å². The number of aromatic nitrogens is 2. The molecule has 0 spiro atoms. The SMILES string of the molecule is CCCc1cc(Cl)n(Cc2cccc(Br)c2)n1. The van der Waals surface area contributed by atoms with Crippen LogP contribution in [0.1, 0.15) is 24.6 Å². The van der Waals surface area contributed by atoms with E-state index in [-0.39, 0.29) is 0 Å². The first-order valence-electron chi connectivity index (χ1n) is 5.65. The predicted octanol–water partition coefficient (Wildman–Crippen LogP) is 4.30. The van der Waals surface area contributed by atoms with Crippen LogP contribution in [0.5, 0.6) is 0 Å². The molecule has 0 N–H and O–H groups in total. The van der Waals surface area contributed by atoms with Crippen molar-refractivity contribution in [2.24, 2.45) is 0 Å². The minimum atomic E-state index is 0.702. The monoisotopic (exact) mass is 312 g/mol. The highest BCUT2D eigenvalue weighted by molar-refractivity contribution is 9.10. The molecule has 0 fully saturated rings. The fourth-order valence-corrected chi connectivity index (χ4v) is 2.41. The maximum atomic E-state index is 6.16. The van der Waals surface area contributed by atoms with Gasteiger partial charge in [0.2, 0.25) is 0 Å². The average molecular weight is 314 g/mol. The largest absolute Gasteiger partial charge is 0.249 e. The Bertz CT molecular complexity index is 508. The van der Waals surface area contributed by atoms with Crippen LogP contribution >= 0.6 is 27.5 Å². The van der Waals surface area contributed by atoms with Gasteiger partial charge in [-0.2, -0.15) is 5.10 Å². The molecular weight excluding hydrogens is 300 g/mol. The van der Waals surface area contributed by atoms with Gasteiger partial charge in [0.15, 0.2) is 0 Å². The Labute approximate surface area is 115 Å². The summed E-state index contributed by atoms with van der Waals surface area (Å²) in [4.78, 5) is 0. The maximum Gasteiger partial charge on any atom is 0.127 e. The zero-order valence-electron chi connectivity index (χ0n) is 9.66. The Morgan fingerprint density at radius 2 is 2.18 bits per heavy atom. The molecule has 0 saturated carbocycles. The van der Waals surface area contributed by atoms with Gasteiger partial charge in [0.05, 0.1) is 12.2 Å². The summed E-state index contributed by atoms with van der Waals surface area (Å²) in [5.41, 5.74) is 2.25. The van der Waals surface area contributed by atoms with E-state index in [0.717, 1.165) is 23.0 Å². The van der Waals surface area contributed by atoms with Gasteiger partial charge in [-0.3, -0.25) is 0 Å². The first-order valence-corrected chi connectivity index (χ1v) is 6.83. The highest BCUT2D eigenvalue weighted by Crippen LogP contribution is 2.17. The summed E-state index contributed by atoms with van der Waals surface area (Å²) in [6.45, 7) is 2.85. The summed E-state index contributed by atoms with van der Waals surface area (Å²) in [6, 6.07) is 10.1. The molecule has 0 amide bonds. The number of hydrogen-bond donors (Lipinski definition) is 0. The third-order valence-corrected chi connectivity index (χ3v) is 3.31. The summed E-state index contributed by atoms with van der Waals surface area (Å²) in [6.07, 6.45) is 2.06. The van der Waals surface area contributed by atoms with Gasteiger partial charge in [0.1, 0.15) is 5.15 Å². The van der Waals surface area contributed by atoms with Gasteiger partial charge in [-0.1, -0.05) is 53.0 Å². The Kier molecular flexibility index (Phi) is 4.24. The molecular formula is C13H14BrClN2. The highest BCUT2D eigenvalue weighted by atomic mass is 79.9. The fraction of sp³-hybridized carbons (Fsp3) is 0.308. The van der Waals surface area contributed by atoms with Gasteiger partial charge in [0.25, 0.3) is 0 Å². The second-order valence-corrected chi connectivity index (χ2v) is 5.30. The Balaban J connectivity index is 2.18. The van der Waals surface area contributed by atoms with Crippen molar-refractivity contribution in [3.8, 4) is 0 Å². The van der Waals surface area contributed by atoms with Crippen molar-refractivity contribution in [2.45, 2.75) is 26.3 Å². The molecule has 0 saturated heterocycles. The number of halogens is 2. The number of hydrogen-bond acceptors (Lipinski definition) is 1. The van der Waals surface area contributed by atoms with Crippen LogP contribution in [-0.4, -0.2) is 9.78 Å². The van der Waals surface area contributed by atoms with Crippen molar-refractivity contribution in [3.63, 3.8) is 0 Å². The van der Waals surface area contributed by atoms with E-state index in [2.05, 4.69) is 40.1 Å². The number of benzene rings is 1. The van der Waals surface area contributed by atoms with Crippen LogP contribution in [0, 0.1) is 0 Å². The summed E-state index contributed by atoms with van der Waals surface area (Å²) in [7, 11) is 0. The standard InChI is InChI=1S/C13H14BrClN2/c1-2-4-12-8-13(15)17(16-12)9-10-5-3-6-11(14)7-10/h3,5-8H,2,4,9H2,1H3. The molecule has 1 aromatic carbocycles. The van der Waals surface area contributed by atoms with Crippen molar-refractivity contribution < 1.29 is 0 Å². The van der Waals surface area contributed by atoms with E-state index in [1.54, 1.807) is 0 Å². The van der Waals surface area contributed by atoms with E-state index in [1.807, 2.05) is 22.9 Å². The molecule has 0 aliphatic heterocycles. The molecule has 17 heavy (non-hydrogen) atoms. The second kappa shape index (κ2) is 5.69. The summed E-state index contributed by atoms with van der Waals surface area (Å²) in [5.74, 6) is 0. The molecule has 90 valence electrons. The van der Waals surface area contributed by atoms with Crippen molar-refractivity contribution in [3.05, 3.63) is 51.2 Å². The summed E-state index contributed by atoms with van der Waals surface area (Å²) in [5, 5.41) is 5.20. The molecule has 0 atom stereocenters. The third kappa shape index (κ3) is 3.33. The number of aryl methyl sites for hydroxylation is 1. The van der Waals surface area contributed by atoms with Gasteiger partial charge in [-0.15, -0.1) is 0 Å². The second-order valence-electron chi connectivity index (χ2n) is 4.00. The van der Waals surface area contributed by atoms with Gasteiger partial charge < -0.3 is 0 Å². The Morgan fingerprint density at radius 3 is 2.88 bits per heavy atom. The quantitative estimate of drug-likeness (QED) is 0.823. The molecule has 0 radical (unpaired) electrons. The number of nitrogens with zero attached hydrogens (tertiary/aromatic N) is 2. The molecule has 1 heterocycles. The topological polar surface area (TPSA) is 17.8 Å². The molecule has 1 aromatic heterocycles. The lowest BCUT2D eigenvalue weighted by Gasteiger charge is -2.03. The lowest BCUT2D eigenvalue weighted by molar-refractivity contribution is 0.668. The van der Waals surface area contributed by atoms with E-state index in [4.69, 9.17) is 11.6 Å². The first-order chi connectivity index (χ1) is 8.19. The molecule has 0 aliphatic rings. The lowest BCUT2D eigenvalue weighted by atomic mass is 10.2. The lowest BCUT2D eigenvalue weighted by Crippen LogP contribution is -2.02. The molecule has 2 rings (SSSR count). The summed E-state index contributed by atoms with van der Waals surface area (Å²) < 4.78 is 2.92. The highest BCUT2D eigenvalue weighted by Gasteiger charge is 2.05. The van der Waals surface area contributed by atoms with Gasteiger partial charge >= 0.3 is 0 Å². The van der Waals surface area contributed by atoms with Gasteiger partial charge in [0, 0.05) is 4.47 Å². The fourth-order valence-electron chi connectivity index (χ4n) is 1.74. The third-order valence-electron chi connectivity index (χ3n) is 2.51. The van der Waals surface area contributed by atoms with Crippen molar-refractivity contribution in [1.82, 2.24) is 9.78 Å². The number of rotatable bonds is 4. The smallest absolute Gasteiger partial charge is 0.127 e. The molecule has 0 unspecified atom stereocenters. The van der Waals surface area contributed by atoms with Crippen LogP contribution in [0.4, 0.5) is 0 Å². The van der Waals surface area contributed by atoms with E-state index < -0.39 is 0 Å². The molecule has 4 heteroatoms. The molecule has 0 bridgehead atoms. The minimum absolute atomic E-state index is 0.702. The predicted molar refractivity (Wildman–Crippen MR) is 74.5 cm³/mol. The Morgan fingerprint density at radius 1 is 1.35 bits per heavy atom. The van der Waals surface area contributed by atoms with E-state index in [1.165, 1.54) is 5.56 Å². The van der Waals surface area contributed by atoms with Crippen LogP contribution in [0.25, 0.3) is 0 Å². The molecule has 2 nitrogen and oxygen atoms in total. The molecule has 2 aromatic rings. The van der Waals surface area contributed by atoms with Gasteiger partial charge in [-0.25, -0.2) is 4.68 Å². The minimum Gasteiger partial charge on any atom is -0.249 e.